The number of H-pyrrole nitrogens is 1. The standard InChI is InChI=1S/C12H21N5O2/c1-4-6-8-9(13)10(17-16-8)12(19)15-7(3)11(18)14-5-2/h7H,4-6,13H2,1-3H3,(H,14,18)(H,15,19)(H,16,17). The van der Waals surface area contributed by atoms with Gasteiger partial charge < -0.3 is 16.4 Å². The predicted molar refractivity (Wildman–Crippen MR) is 72.6 cm³/mol. The molecule has 0 bridgehead atoms. The van der Waals surface area contributed by atoms with Gasteiger partial charge in [-0.2, -0.15) is 5.10 Å². The van der Waals surface area contributed by atoms with Crippen molar-refractivity contribution in [2.75, 3.05) is 12.3 Å². The Hall–Kier alpha value is -2.05. The highest BCUT2D eigenvalue weighted by atomic mass is 16.2. The Morgan fingerprint density at radius 2 is 2.11 bits per heavy atom. The summed E-state index contributed by atoms with van der Waals surface area (Å²) >= 11 is 0. The molecule has 106 valence electrons. The number of carbonyl (C=O) groups is 2. The number of likely N-dealkylation sites (N-methyl/N-ethyl adjacent to an activating group) is 1. The van der Waals surface area contributed by atoms with Gasteiger partial charge in [0.1, 0.15) is 6.04 Å². The van der Waals surface area contributed by atoms with Crippen LogP contribution < -0.4 is 16.4 Å². The highest BCUT2D eigenvalue weighted by Gasteiger charge is 2.21. The quantitative estimate of drug-likeness (QED) is 0.589. The second kappa shape index (κ2) is 6.77. The third kappa shape index (κ3) is 3.70. The molecule has 0 fully saturated rings. The second-order valence-electron chi connectivity index (χ2n) is 4.30. The van der Waals surface area contributed by atoms with Crippen LogP contribution in [0.2, 0.25) is 0 Å². The van der Waals surface area contributed by atoms with Crippen molar-refractivity contribution in [2.24, 2.45) is 0 Å². The van der Waals surface area contributed by atoms with Crippen molar-refractivity contribution in [3.8, 4) is 0 Å². The molecule has 19 heavy (non-hydrogen) atoms. The summed E-state index contributed by atoms with van der Waals surface area (Å²) in [5.41, 5.74) is 7.08. The number of nitrogens with zero attached hydrogens (tertiary/aromatic N) is 1. The van der Waals surface area contributed by atoms with Crippen LogP contribution in [0.3, 0.4) is 0 Å². The van der Waals surface area contributed by atoms with Crippen molar-refractivity contribution in [1.82, 2.24) is 20.8 Å². The number of hydrogen-bond acceptors (Lipinski definition) is 4. The fourth-order valence-corrected chi connectivity index (χ4v) is 1.66. The number of nitrogens with two attached hydrogens (primary N) is 1. The van der Waals surface area contributed by atoms with Gasteiger partial charge in [-0.15, -0.1) is 0 Å². The molecular weight excluding hydrogens is 246 g/mol. The molecule has 0 aliphatic heterocycles. The van der Waals surface area contributed by atoms with Crippen LogP contribution in [0, 0.1) is 0 Å². The first kappa shape index (κ1) is 15.0. The minimum Gasteiger partial charge on any atom is -0.395 e. The van der Waals surface area contributed by atoms with E-state index in [1.807, 2.05) is 13.8 Å². The van der Waals surface area contributed by atoms with E-state index in [2.05, 4.69) is 20.8 Å². The second-order valence-corrected chi connectivity index (χ2v) is 4.30. The number of carbonyl (C=O) groups excluding carboxylic acids is 2. The van der Waals surface area contributed by atoms with E-state index >= 15 is 0 Å². The molecule has 5 N–H and O–H groups in total. The number of rotatable bonds is 6. The van der Waals surface area contributed by atoms with Crippen molar-refractivity contribution < 1.29 is 9.59 Å². The number of nitrogen functional groups attached to an aromatic ring is 1. The van der Waals surface area contributed by atoms with Crippen LogP contribution in [-0.4, -0.2) is 34.6 Å². The normalized spacial score (nSPS) is 11.9. The third-order valence-corrected chi connectivity index (χ3v) is 2.69. The monoisotopic (exact) mass is 267 g/mol. The molecule has 0 aliphatic carbocycles. The highest BCUT2D eigenvalue weighted by Crippen LogP contribution is 2.15. The van der Waals surface area contributed by atoms with Crippen molar-refractivity contribution in [3.63, 3.8) is 0 Å². The first-order valence-corrected chi connectivity index (χ1v) is 6.42. The number of hydrogen-bond donors (Lipinski definition) is 4. The molecule has 1 aromatic rings. The molecular formula is C12H21N5O2. The summed E-state index contributed by atoms with van der Waals surface area (Å²) in [5, 5.41) is 11.8. The van der Waals surface area contributed by atoms with Gasteiger partial charge in [-0.1, -0.05) is 13.3 Å². The Balaban J connectivity index is 2.70. The van der Waals surface area contributed by atoms with E-state index < -0.39 is 11.9 Å². The maximum Gasteiger partial charge on any atom is 0.274 e. The van der Waals surface area contributed by atoms with Gasteiger partial charge in [-0.05, 0) is 20.3 Å². The van der Waals surface area contributed by atoms with Crippen molar-refractivity contribution in [2.45, 2.75) is 39.7 Å². The molecule has 0 saturated carbocycles. The number of aromatic nitrogens is 2. The van der Waals surface area contributed by atoms with Crippen LogP contribution in [-0.2, 0) is 11.2 Å². The third-order valence-electron chi connectivity index (χ3n) is 2.69. The molecule has 1 rings (SSSR count). The largest absolute Gasteiger partial charge is 0.395 e. The van der Waals surface area contributed by atoms with Crippen LogP contribution in [0.25, 0.3) is 0 Å². The molecule has 1 heterocycles. The molecule has 1 unspecified atom stereocenters. The summed E-state index contributed by atoms with van der Waals surface area (Å²) < 4.78 is 0. The average Bonchev–Trinajstić information content (AvgIpc) is 2.72. The number of anilines is 1. The lowest BCUT2D eigenvalue weighted by atomic mass is 10.2. The lowest BCUT2D eigenvalue weighted by Crippen LogP contribution is -2.44. The Kier molecular flexibility index (Phi) is 5.35. The molecule has 0 radical (unpaired) electrons. The van der Waals surface area contributed by atoms with E-state index in [0.717, 1.165) is 18.5 Å². The van der Waals surface area contributed by atoms with Gasteiger partial charge in [-0.25, -0.2) is 0 Å². The zero-order chi connectivity index (χ0) is 14.4. The Bertz CT molecular complexity index is 455. The van der Waals surface area contributed by atoms with Gasteiger partial charge in [0, 0.05) is 6.54 Å². The molecule has 1 atom stereocenters. The molecule has 1 aromatic heterocycles. The average molecular weight is 267 g/mol. The zero-order valence-electron chi connectivity index (χ0n) is 11.5. The van der Waals surface area contributed by atoms with Crippen LogP contribution in [0.15, 0.2) is 0 Å². The maximum absolute atomic E-state index is 11.9. The van der Waals surface area contributed by atoms with Crippen LogP contribution >= 0.6 is 0 Å². The van der Waals surface area contributed by atoms with Gasteiger partial charge >= 0.3 is 0 Å². The summed E-state index contributed by atoms with van der Waals surface area (Å²) in [4.78, 5) is 23.5. The number of amides is 2. The summed E-state index contributed by atoms with van der Waals surface area (Å²) in [5.74, 6) is -0.686. The summed E-state index contributed by atoms with van der Waals surface area (Å²) in [6.07, 6.45) is 1.64. The van der Waals surface area contributed by atoms with Gasteiger partial charge in [0.15, 0.2) is 5.69 Å². The number of aryl methyl sites for hydroxylation is 1. The van der Waals surface area contributed by atoms with Crippen LogP contribution in [0.1, 0.15) is 43.4 Å². The van der Waals surface area contributed by atoms with E-state index in [1.165, 1.54) is 0 Å². The minimum atomic E-state index is -0.627. The van der Waals surface area contributed by atoms with E-state index in [0.29, 0.717) is 12.2 Å². The Morgan fingerprint density at radius 3 is 2.68 bits per heavy atom. The number of aromatic amines is 1. The van der Waals surface area contributed by atoms with Crippen LogP contribution in [0.4, 0.5) is 5.69 Å². The fraction of sp³-hybridized carbons (Fsp3) is 0.583. The molecule has 0 spiro atoms. The first-order valence-electron chi connectivity index (χ1n) is 6.42. The molecule has 7 nitrogen and oxygen atoms in total. The Morgan fingerprint density at radius 1 is 1.42 bits per heavy atom. The molecule has 7 heteroatoms. The van der Waals surface area contributed by atoms with Gasteiger partial charge in [0.25, 0.3) is 5.91 Å². The van der Waals surface area contributed by atoms with E-state index in [9.17, 15) is 9.59 Å². The maximum atomic E-state index is 11.9. The van der Waals surface area contributed by atoms with E-state index in [4.69, 9.17) is 5.73 Å². The molecule has 0 saturated heterocycles. The summed E-state index contributed by atoms with van der Waals surface area (Å²) in [6, 6.07) is -0.627. The summed E-state index contributed by atoms with van der Waals surface area (Å²) in [7, 11) is 0. The van der Waals surface area contributed by atoms with E-state index in [1.54, 1.807) is 6.92 Å². The topological polar surface area (TPSA) is 113 Å². The van der Waals surface area contributed by atoms with Crippen molar-refractivity contribution >= 4 is 17.5 Å². The van der Waals surface area contributed by atoms with Crippen molar-refractivity contribution in [1.29, 1.82) is 0 Å². The minimum absolute atomic E-state index is 0.139. The SMILES string of the molecule is CCCc1[nH]nc(C(=O)NC(C)C(=O)NCC)c1N. The van der Waals surface area contributed by atoms with Gasteiger partial charge in [0.05, 0.1) is 11.4 Å². The Labute approximate surface area is 112 Å². The zero-order valence-corrected chi connectivity index (χ0v) is 11.5. The van der Waals surface area contributed by atoms with Crippen molar-refractivity contribution in [3.05, 3.63) is 11.4 Å². The lowest BCUT2D eigenvalue weighted by Gasteiger charge is -2.12. The van der Waals surface area contributed by atoms with Gasteiger partial charge in [0.2, 0.25) is 5.91 Å². The number of nitrogens with one attached hydrogen (secondary N) is 3. The molecule has 0 aromatic carbocycles. The summed E-state index contributed by atoms with van der Waals surface area (Å²) in [6.45, 7) is 5.95. The van der Waals surface area contributed by atoms with E-state index in [-0.39, 0.29) is 11.6 Å². The molecule has 2 amide bonds. The first-order chi connectivity index (χ1) is 9.01. The fourth-order valence-electron chi connectivity index (χ4n) is 1.66. The predicted octanol–water partition coefficient (Wildman–Crippen LogP) is 0.199. The smallest absolute Gasteiger partial charge is 0.274 e. The highest BCUT2D eigenvalue weighted by molar-refractivity contribution is 6.00. The molecule has 0 aliphatic rings. The van der Waals surface area contributed by atoms with Crippen LogP contribution in [0.5, 0.6) is 0 Å². The van der Waals surface area contributed by atoms with Gasteiger partial charge in [-0.3, -0.25) is 14.7 Å². The lowest BCUT2D eigenvalue weighted by molar-refractivity contribution is -0.122.